The van der Waals surface area contributed by atoms with Crippen LogP contribution in [0.25, 0.3) is 11.3 Å². The lowest BCUT2D eigenvalue weighted by atomic mass is 10.1. The van der Waals surface area contributed by atoms with Crippen molar-refractivity contribution in [3.05, 3.63) is 36.3 Å². The van der Waals surface area contributed by atoms with Gasteiger partial charge in [-0.2, -0.15) is 18.3 Å². The number of carboxylic acids is 2. The van der Waals surface area contributed by atoms with E-state index < -0.39 is 18.1 Å². The molecular formula is C16H19F3N4O4. The molecule has 148 valence electrons. The van der Waals surface area contributed by atoms with E-state index in [-0.39, 0.29) is 6.42 Å². The molecule has 2 heterocycles. The molecule has 0 amide bonds. The molecule has 2 aromatic rings. The maximum absolute atomic E-state index is 10.6. The van der Waals surface area contributed by atoms with Crippen molar-refractivity contribution < 1.29 is 33.0 Å². The molecule has 0 bridgehead atoms. The lowest BCUT2D eigenvalue weighted by molar-refractivity contribution is -0.192. The number of aromatic nitrogens is 3. The molecular weight excluding hydrogens is 369 g/mol. The molecule has 0 aromatic carbocycles. The maximum atomic E-state index is 10.6. The van der Waals surface area contributed by atoms with E-state index in [0.717, 1.165) is 29.9 Å². The van der Waals surface area contributed by atoms with Gasteiger partial charge in [-0.1, -0.05) is 0 Å². The highest BCUT2D eigenvalue weighted by atomic mass is 19.4. The predicted octanol–water partition coefficient (Wildman–Crippen LogP) is 2.40. The van der Waals surface area contributed by atoms with Crippen LogP contribution in [0.3, 0.4) is 0 Å². The van der Waals surface area contributed by atoms with Crippen LogP contribution >= 0.6 is 0 Å². The van der Waals surface area contributed by atoms with Gasteiger partial charge in [0.2, 0.25) is 0 Å². The normalized spacial score (nSPS) is 11.0. The van der Waals surface area contributed by atoms with Gasteiger partial charge in [0, 0.05) is 36.5 Å². The molecule has 0 saturated heterocycles. The van der Waals surface area contributed by atoms with Gasteiger partial charge >= 0.3 is 18.1 Å². The number of pyridine rings is 1. The predicted molar refractivity (Wildman–Crippen MR) is 88.7 cm³/mol. The number of carbonyl (C=O) groups is 2. The van der Waals surface area contributed by atoms with Crippen molar-refractivity contribution in [3.8, 4) is 11.3 Å². The van der Waals surface area contributed by atoms with E-state index in [1.807, 2.05) is 19.2 Å². The number of rotatable bonds is 7. The van der Waals surface area contributed by atoms with Gasteiger partial charge in [-0.05, 0) is 32.1 Å². The number of aliphatic carboxylic acids is 2. The molecule has 0 unspecified atom stereocenters. The zero-order valence-corrected chi connectivity index (χ0v) is 14.4. The molecule has 0 fully saturated rings. The summed E-state index contributed by atoms with van der Waals surface area (Å²) in [5.74, 6) is -3.51. The standard InChI is InChI=1S/C14H18N4O2.C2HF3O2/c1-18(7-3-5-13(19)20)10-12-9-16-17-14(12)11-4-2-6-15-8-11;3-2(4,5)1(6)7/h2,4,6,8-9H,3,5,7,10H2,1H3,(H,16,17)(H,19,20);(H,6,7). The Kier molecular flexibility index (Phi) is 8.39. The summed E-state index contributed by atoms with van der Waals surface area (Å²) in [6.07, 6.45) is 1.09. The minimum absolute atomic E-state index is 0.200. The van der Waals surface area contributed by atoms with Crippen molar-refractivity contribution in [2.24, 2.45) is 0 Å². The molecule has 11 heteroatoms. The van der Waals surface area contributed by atoms with E-state index in [0.29, 0.717) is 6.42 Å². The summed E-state index contributed by atoms with van der Waals surface area (Å²) in [6, 6.07) is 3.87. The third-order valence-electron chi connectivity index (χ3n) is 3.28. The Morgan fingerprint density at radius 3 is 2.44 bits per heavy atom. The molecule has 0 aliphatic carbocycles. The van der Waals surface area contributed by atoms with Gasteiger partial charge in [0.15, 0.2) is 0 Å². The SMILES string of the molecule is CN(CCCC(=O)O)Cc1cn[nH]c1-c1cccnc1.O=C(O)C(F)(F)F. The van der Waals surface area contributed by atoms with Crippen LogP contribution in [0.2, 0.25) is 0 Å². The number of aromatic amines is 1. The Labute approximate surface area is 152 Å². The van der Waals surface area contributed by atoms with Crippen LogP contribution in [0.5, 0.6) is 0 Å². The summed E-state index contributed by atoms with van der Waals surface area (Å²) >= 11 is 0. The van der Waals surface area contributed by atoms with Crippen molar-refractivity contribution in [2.75, 3.05) is 13.6 Å². The monoisotopic (exact) mass is 388 g/mol. The first-order valence-electron chi connectivity index (χ1n) is 7.74. The fourth-order valence-electron chi connectivity index (χ4n) is 2.06. The number of hydrogen-bond donors (Lipinski definition) is 3. The maximum Gasteiger partial charge on any atom is 0.490 e. The largest absolute Gasteiger partial charge is 0.490 e. The van der Waals surface area contributed by atoms with Crippen LogP contribution in [0.4, 0.5) is 13.2 Å². The van der Waals surface area contributed by atoms with Gasteiger partial charge in [-0.3, -0.25) is 14.9 Å². The molecule has 27 heavy (non-hydrogen) atoms. The first kappa shape index (κ1) is 22.1. The van der Waals surface area contributed by atoms with Crippen LogP contribution in [0.15, 0.2) is 30.7 Å². The Morgan fingerprint density at radius 2 is 1.93 bits per heavy atom. The van der Waals surface area contributed by atoms with Crippen LogP contribution in [0.1, 0.15) is 18.4 Å². The van der Waals surface area contributed by atoms with E-state index in [4.69, 9.17) is 15.0 Å². The molecule has 3 N–H and O–H groups in total. The van der Waals surface area contributed by atoms with Gasteiger partial charge in [0.05, 0.1) is 11.9 Å². The zero-order chi connectivity index (χ0) is 20.4. The number of alkyl halides is 3. The number of nitrogens with zero attached hydrogens (tertiary/aromatic N) is 3. The van der Waals surface area contributed by atoms with Crippen LogP contribution in [-0.4, -0.2) is 62.0 Å². The minimum atomic E-state index is -5.08. The number of halogens is 3. The lowest BCUT2D eigenvalue weighted by Gasteiger charge is -2.15. The van der Waals surface area contributed by atoms with Crippen LogP contribution in [-0.2, 0) is 16.1 Å². The molecule has 0 radical (unpaired) electrons. The number of nitrogens with one attached hydrogen (secondary N) is 1. The first-order valence-corrected chi connectivity index (χ1v) is 7.74. The second-order valence-corrected chi connectivity index (χ2v) is 5.55. The van der Waals surface area contributed by atoms with Crippen LogP contribution < -0.4 is 0 Å². The summed E-state index contributed by atoms with van der Waals surface area (Å²) in [5, 5.41) is 22.8. The highest BCUT2D eigenvalue weighted by Crippen LogP contribution is 2.20. The summed E-state index contributed by atoms with van der Waals surface area (Å²) < 4.78 is 31.7. The second kappa shape index (κ2) is 10.3. The number of hydrogen-bond acceptors (Lipinski definition) is 5. The molecule has 0 spiro atoms. The highest BCUT2D eigenvalue weighted by Gasteiger charge is 2.38. The average molecular weight is 388 g/mol. The molecule has 8 nitrogen and oxygen atoms in total. The van der Waals surface area contributed by atoms with Gasteiger partial charge < -0.3 is 15.1 Å². The Balaban J connectivity index is 0.000000445. The van der Waals surface area contributed by atoms with Gasteiger partial charge in [0.25, 0.3) is 0 Å². The third-order valence-corrected chi connectivity index (χ3v) is 3.28. The van der Waals surface area contributed by atoms with Crippen molar-refractivity contribution in [2.45, 2.75) is 25.6 Å². The zero-order valence-electron chi connectivity index (χ0n) is 14.4. The fourth-order valence-corrected chi connectivity index (χ4v) is 2.06. The van der Waals surface area contributed by atoms with Gasteiger partial charge in [-0.25, -0.2) is 4.79 Å². The number of H-pyrrole nitrogens is 1. The fraction of sp³-hybridized carbons (Fsp3) is 0.375. The molecule has 0 saturated carbocycles. The van der Waals surface area contributed by atoms with Gasteiger partial charge in [-0.15, -0.1) is 0 Å². The van der Waals surface area contributed by atoms with E-state index in [2.05, 4.69) is 20.1 Å². The van der Waals surface area contributed by atoms with Crippen molar-refractivity contribution in [3.63, 3.8) is 0 Å². The van der Waals surface area contributed by atoms with E-state index in [9.17, 15) is 18.0 Å². The molecule has 2 rings (SSSR count). The topological polar surface area (TPSA) is 119 Å². The van der Waals surface area contributed by atoms with E-state index >= 15 is 0 Å². The summed E-state index contributed by atoms with van der Waals surface area (Å²) in [6.45, 7) is 1.46. The third kappa shape index (κ3) is 8.31. The minimum Gasteiger partial charge on any atom is -0.481 e. The highest BCUT2D eigenvalue weighted by molar-refractivity contribution is 5.73. The average Bonchev–Trinajstić information content (AvgIpc) is 3.03. The quantitative estimate of drug-likeness (QED) is 0.666. The van der Waals surface area contributed by atoms with Crippen molar-refractivity contribution in [1.82, 2.24) is 20.1 Å². The first-order chi connectivity index (χ1) is 12.6. The molecule has 0 aliphatic heterocycles. The summed E-state index contributed by atoms with van der Waals surface area (Å²) in [4.78, 5) is 25.6. The molecule has 2 aromatic heterocycles. The van der Waals surface area contributed by atoms with E-state index in [1.165, 1.54) is 0 Å². The summed E-state index contributed by atoms with van der Waals surface area (Å²) in [5.41, 5.74) is 3.04. The Hall–Kier alpha value is -2.95. The second-order valence-electron chi connectivity index (χ2n) is 5.55. The summed E-state index contributed by atoms with van der Waals surface area (Å²) in [7, 11) is 1.97. The smallest absolute Gasteiger partial charge is 0.481 e. The Morgan fingerprint density at radius 1 is 1.26 bits per heavy atom. The Bertz CT molecular complexity index is 735. The number of carboxylic acid groups (broad SMARTS) is 2. The van der Waals surface area contributed by atoms with Crippen molar-refractivity contribution in [1.29, 1.82) is 0 Å². The lowest BCUT2D eigenvalue weighted by Crippen LogP contribution is -2.21. The molecule has 0 atom stereocenters. The molecule has 0 aliphatic rings. The van der Waals surface area contributed by atoms with Gasteiger partial charge in [0.1, 0.15) is 0 Å². The van der Waals surface area contributed by atoms with Crippen LogP contribution in [0, 0.1) is 0 Å². The van der Waals surface area contributed by atoms with Crippen molar-refractivity contribution >= 4 is 11.9 Å². The van der Waals surface area contributed by atoms with E-state index in [1.54, 1.807) is 18.6 Å².